The summed E-state index contributed by atoms with van der Waals surface area (Å²) in [6.07, 6.45) is 0. The summed E-state index contributed by atoms with van der Waals surface area (Å²) in [4.78, 5) is 24.9. The largest absolute Gasteiger partial charge is 0.870 e. The number of rotatable bonds is 4. The molecule has 0 aromatic heterocycles. The van der Waals surface area contributed by atoms with Crippen molar-refractivity contribution in [3.8, 4) is 23.0 Å². The van der Waals surface area contributed by atoms with Crippen molar-refractivity contribution in [1.29, 1.82) is 0 Å². The van der Waals surface area contributed by atoms with Gasteiger partial charge >= 0.3 is 11.9 Å². The number of hydrogen-bond acceptors (Lipinski definition) is 7. The zero-order valence-corrected chi connectivity index (χ0v) is 43.1. The fraction of sp³-hybridized carbons (Fsp3) is 0.149. The van der Waals surface area contributed by atoms with E-state index in [0.29, 0.717) is 16.9 Å². The van der Waals surface area contributed by atoms with Crippen molar-refractivity contribution in [3.63, 3.8) is 0 Å². The van der Waals surface area contributed by atoms with Crippen LogP contribution in [-0.4, -0.2) is 31.6 Å². The SMILES string of the molecule is C.C=c1cc2c(cc1Br)=C(c1ccccc1C(=O)OC)c1cc(Br)c(C)cc1O2.COC(=O)c1ccccc1C1c2cc(Br)c(C)cc2Oc2cc(C)c(Br)cc21.[Ac].[OH-]. The molecular formula is C47H39AcBr4O7-. The maximum atomic E-state index is 12.5. The van der Waals surface area contributed by atoms with E-state index in [1.165, 1.54) is 14.2 Å². The molecule has 0 saturated carbocycles. The van der Waals surface area contributed by atoms with Crippen molar-refractivity contribution in [2.45, 2.75) is 34.1 Å². The maximum absolute atomic E-state index is 12.5. The summed E-state index contributed by atoms with van der Waals surface area (Å²) in [6.45, 7) is 10.1. The van der Waals surface area contributed by atoms with Crippen molar-refractivity contribution in [3.05, 3.63) is 181 Å². The fourth-order valence-corrected chi connectivity index (χ4v) is 8.40. The molecule has 2 aliphatic heterocycles. The molecule has 6 aromatic rings. The number of esters is 2. The van der Waals surface area contributed by atoms with Crippen molar-refractivity contribution < 1.29 is 78.1 Å². The van der Waals surface area contributed by atoms with Gasteiger partial charge in [0.25, 0.3) is 0 Å². The zero-order valence-electron chi connectivity index (χ0n) is 32.0. The summed E-state index contributed by atoms with van der Waals surface area (Å²) in [7, 11) is 2.80. The number of carbonyl (C=O) groups excluding carboxylic acids is 2. The molecule has 0 saturated heterocycles. The van der Waals surface area contributed by atoms with Gasteiger partial charge in [-0.05, 0) is 114 Å². The number of aryl methyl sites for hydroxylation is 3. The van der Waals surface area contributed by atoms with E-state index < -0.39 is 0 Å². The number of carbonyl (C=O) groups is 2. The molecule has 6 aromatic carbocycles. The number of benzene rings is 6. The van der Waals surface area contributed by atoms with Crippen LogP contribution in [0.15, 0.2) is 115 Å². The second-order valence-corrected chi connectivity index (χ2v) is 16.9. The van der Waals surface area contributed by atoms with E-state index in [9.17, 15) is 9.59 Å². The van der Waals surface area contributed by atoms with Gasteiger partial charge in [-0.3, -0.25) is 0 Å². The Kier molecular flexibility index (Phi) is 16.6. The van der Waals surface area contributed by atoms with E-state index in [0.717, 1.165) is 95.7 Å². The minimum atomic E-state index is -0.378. The van der Waals surface area contributed by atoms with Crippen LogP contribution >= 0.6 is 63.7 Å². The Bertz CT molecular complexity index is 2680. The molecule has 59 heavy (non-hydrogen) atoms. The van der Waals surface area contributed by atoms with E-state index in [1.54, 1.807) is 6.07 Å². The van der Waals surface area contributed by atoms with Gasteiger partial charge in [-0.2, -0.15) is 0 Å². The van der Waals surface area contributed by atoms with Crippen molar-refractivity contribution >= 4 is 87.8 Å². The molecule has 1 radical (unpaired) electrons. The summed E-state index contributed by atoms with van der Waals surface area (Å²) in [5.41, 5.74) is 9.85. The Morgan fingerprint density at radius 1 is 0.576 bits per heavy atom. The third-order valence-corrected chi connectivity index (χ3v) is 13.2. The fourth-order valence-electron chi connectivity index (χ4n) is 6.99. The van der Waals surface area contributed by atoms with Crippen molar-refractivity contribution in [2.75, 3.05) is 14.2 Å². The average molecular weight is 1260 g/mol. The van der Waals surface area contributed by atoms with Gasteiger partial charge in [-0.15, -0.1) is 0 Å². The first-order chi connectivity index (χ1) is 26.8. The molecule has 0 unspecified atom stereocenters. The van der Waals surface area contributed by atoms with Gasteiger partial charge in [-0.25, -0.2) is 9.59 Å². The van der Waals surface area contributed by atoms with Crippen LogP contribution in [0.5, 0.6) is 23.0 Å². The molecule has 301 valence electrons. The summed E-state index contributed by atoms with van der Waals surface area (Å²) < 4.78 is 26.4. The van der Waals surface area contributed by atoms with Crippen LogP contribution in [0.2, 0.25) is 0 Å². The monoisotopic (exact) mass is 1260 g/mol. The number of fused-ring (bicyclic) bond motifs is 4. The zero-order chi connectivity index (χ0) is 40.0. The van der Waals surface area contributed by atoms with Crippen LogP contribution < -0.4 is 19.9 Å². The molecule has 0 atom stereocenters. The average Bonchev–Trinajstić information content (AvgIpc) is 3.18. The second kappa shape index (κ2) is 20.2. The van der Waals surface area contributed by atoms with Crippen LogP contribution in [0.4, 0.5) is 0 Å². The van der Waals surface area contributed by atoms with E-state index >= 15 is 0 Å². The van der Waals surface area contributed by atoms with Crippen LogP contribution in [0.3, 0.4) is 0 Å². The van der Waals surface area contributed by atoms with Gasteiger partial charge in [0.15, 0.2) is 0 Å². The van der Waals surface area contributed by atoms with Crippen molar-refractivity contribution in [1.82, 2.24) is 0 Å². The summed E-state index contributed by atoms with van der Waals surface area (Å²) in [5, 5.41) is 1.72. The Hall–Kier alpha value is -3.08. The van der Waals surface area contributed by atoms with Gasteiger partial charge in [0.1, 0.15) is 23.0 Å². The number of ether oxygens (including phenoxy) is 4. The third kappa shape index (κ3) is 9.55. The first-order valence-corrected chi connectivity index (χ1v) is 20.6. The minimum absolute atomic E-state index is 0. The number of halogens is 4. The Balaban J connectivity index is 0.000000248. The van der Waals surface area contributed by atoms with Gasteiger partial charge in [0, 0.05) is 95.4 Å². The molecule has 0 aliphatic carbocycles. The van der Waals surface area contributed by atoms with E-state index in [-0.39, 0.29) is 74.8 Å². The normalized spacial score (nSPS) is 11.8. The molecule has 8 rings (SSSR count). The first kappa shape index (κ1) is 48.6. The maximum Gasteiger partial charge on any atom is 0.338 e. The molecule has 0 spiro atoms. The van der Waals surface area contributed by atoms with Gasteiger partial charge < -0.3 is 24.4 Å². The van der Waals surface area contributed by atoms with Crippen LogP contribution in [0.25, 0.3) is 12.2 Å². The smallest absolute Gasteiger partial charge is 0.338 e. The molecule has 0 fully saturated rings. The molecule has 0 bridgehead atoms. The predicted octanol–water partition coefficient (Wildman–Crippen LogP) is 12.4. The third-order valence-electron chi connectivity index (χ3n) is 9.87. The standard InChI is InChI=1S/C23H18Br2O3.C23H16Br2O3.CH4.Ac.H2O/c2*1-12-8-20-16(10-18(12)24)22(14-6-4-5-7-15(14)23(26)27-3)17-11-19(25)13(2)9-21(17)28-20;;;/h4-11,22H,1-3H3;4-11H,1H2,2-3H3;1H4;;1H2/p-1. The first-order valence-electron chi connectivity index (χ1n) is 17.4. The Morgan fingerprint density at radius 2 is 1.05 bits per heavy atom. The Labute approximate surface area is 413 Å². The van der Waals surface area contributed by atoms with E-state index in [2.05, 4.69) is 82.4 Å². The molecular weight excluding hydrogens is 1220 g/mol. The topological polar surface area (TPSA) is 101 Å². The Morgan fingerprint density at radius 3 is 1.63 bits per heavy atom. The second-order valence-electron chi connectivity index (χ2n) is 13.4. The van der Waals surface area contributed by atoms with Crippen LogP contribution in [-0.2, 0) is 9.47 Å². The number of hydrogen-bond donors (Lipinski definition) is 0. The quantitative estimate of drug-likeness (QED) is 0.162. The summed E-state index contributed by atoms with van der Waals surface area (Å²) in [5.74, 6) is 2.18. The van der Waals surface area contributed by atoms with Crippen molar-refractivity contribution in [2.24, 2.45) is 0 Å². The molecule has 2 heterocycles. The van der Waals surface area contributed by atoms with Crippen LogP contribution in [0.1, 0.15) is 78.6 Å². The number of methoxy groups -OCH3 is 2. The summed E-state index contributed by atoms with van der Waals surface area (Å²) >= 11 is 14.5. The molecule has 7 nitrogen and oxygen atoms in total. The molecule has 2 aliphatic rings. The van der Waals surface area contributed by atoms with Gasteiger partial charge in [0.05, 0.1) is 25.3 Å². The van der Waals surface area contributed by atoms with Crippen LogP contribution in [0, 0.1) is 64.8 Å². The summed E-state index contributed by atoms with van der Waals surface area (Å²) in [6, 6.07) is 31.2. The minimum Gasteiger partial charge on any atom is -0.870 e. The van der Waals surface area contributed by atoms with Gasteiger partial charge in [0.2, 0.25) is 0 Å². The van der Waals surface area contributed by atoms with E-state index in [4.69, 9.17) is 18.9 Å². The molecule has 1 N–H and O–H groups in total. The predicted molar refractivity (Wildman–Crippen MR) is 242 cm³/mol. The molecule has 0 amide bonds. The van der Waals surface area contributed by atoms with Gasteiger partial charge in [-0.1, -0.05) is 114 Å². The molecule has 12 heteroatoms. The van der Waals surface area contributed by atoms with E-state index in [1.807, 2.05) is 99.6 Å².